The first-order valence-electron chi connectivity index (χ1n) is 8.24. The number of halogens is 3. The van der Waals surface area contributed by atoms with Crippen molar-refractivity contribution in [1.82, 2.24) is 15.5 Å². The molecule has 1 aliphatic heterocycles. The van der Waals surface area contributed by atoms with Gasteiger partial charge in [0.1, 0.15) is 0 Å². The molecule has 2 N–H and O–H groups in total. The van der Waals surface area contributed by atoms with Crippen molar-refractivity contribution in [3.63, 3.8) is 0 Å². The van der Waals surface area contributed by atoms with Crippen molar-refractivity contribution in [1.29, 1.82) is 0 Å². The number of nitrogens with one attached hydrogen (secondary N) is 2. The minimum Gasteiger partial charge on any atom is -0.383 e. The normalized spacial score (nSPS) is 15.5. The van der Waals surface area contributed by atoms with Gasteiger partial charge in [0, 0.05) is 38.3 Å². The summed E-state index contributed by atoms with van der Waals surface area (Å²) in [5.41, 5.74) is 1.15. The monoisotopic (exact) mass is 427 g/mol. The number of amides is 1. The summed E-state index contributed by atoms with van der Waals surface area (Å²) in [5.74, 6) is -0.0154. The van der Waals surface area contributed by atoms with Crippen LogP contribution in [0.3, 0.4) is 0 Å². The van der Waals surface area contributed by atoms with Gasteiger partial charge in [-0.15, -0.1) is 24.8 Å². The van der Waals surface area contributed by atoms with Gasteiger partial charge in [0.2, 0.25) is 5.91 Å². The average molecular weight is 429 g/mol. The van der Waals surface area contributed by atoms with Gasteiger partial charge >= 0.3 is 0 Å². The zero-order chi connectivity index (χ0) is 17.2. The van der Waals surface area contributed by atoms with Gasteiger partial charge in [-0.1, -0.05) is 23.7 Å². The molecule has 6 nitrogen and oxygen atoms in total. The summed E-state index contributed by atoms with van der Waals surface area (Å²) in [7, 11) is 1.64. The molecular weight excluding hydrogens is 401 g/mol. The lowest BCUT2D eigenvalue weighted by Gasteiger charge is -2.35. The van der Waals surface area contributed by atoms with Gasteiger partial charge in [-0.2, -0.15) is 0 Å². The van der Waals surface area contributed by atoms with Crippen LogP contribution in [-0.2, 0) is 14.3 Å². The molecule has 26 heavy (non-hydrogen) atoms. The highest BCUT2D eigenvalue weighted by atomic mass is 35.5. The SMILES string of the molecule is COCCNCC(=O)NCC(c1ccc(Cl)cc1)N1CCOCC1.Cl.Cl. The fourth-order valence-electron chi connectivity index (χ4n) is 2.68. The molecule has 1 aliphatic rings. The smallest absolute Gasteiger partial charge is 0.234 e. The minimum atomic E-state index is -0.0154. The number of hydrogen-bond acceptors (Lipinski definition) is 5. The van der Waals surface area contributed by atoms with Gasteiger partial charge in [0.25, 0.3) is 0 Å². The van der Waals surface area contributed by atoms with Crippen molar-refractivity contribution in [3.05, 3.63) is 34.9 Å². The van der Waals surface area contributed by atoms with Crippen LogP contribution in [0.1, 0.15) is 11.6 Å². The molecule has 1 saturated heterocycles. The van der Waals surface area contributed by atoms with Crippen molar-refractivity contribution in [2.24, 2.45) is 0 Å². The van der Waals surface area contributed by atoms with E-state index in [2.05, 4.69) is 15.5 Å². The van der Waals surface area contributed by atoms with Crippen LogP contribution in [-0.4, -0.2) is 70.5 Å². The zero-order valence-corrected chi connectivity index (χ0v) is 17.3. The molecule has 1 fully saturated rings. The van der Waals surface area contributed by atoms with E-state index in [1.807, 2.05) is 24.3 Å². The van der Waals surface area contributed by atoms with Gasteiger partial charge in [-0.25, -0.2) is 0 Å². The molecule has 1 unspecified atom stereocenters. The molecule has 1 aromatic carbocycles. The highest BCUT2D eigenvalue weighted by molar-refractivity contribution is 6.30. The molecule has 0 bridgehead atoms. The topological polar surface area (TPSA) is 62.8 Å². The van der Waals surface area contributed by atoms with E-state index in [1.54, 1.807) is 7.11 Å². The lowest BCUT2D eigenvalue weighted by molar-refractivity contribution is -0.120. The van der Waals surface area contributed by atoms with E-state index < -0.39 is 0 Å². The first-order chi connectivity index (χ1) is 11.7. The highest BCUT2D eigenvalue weighted by Gasteiger charge is 2.23. The van der Waals surface area contributed by atoms with E-state index >= 15 is 0 Å². The second-order valence-corrected chi connectivity index (χ2v) is 6.13. The van der Waals surface area contributed by atoms with E-state index in [9.17, 15) is 4.79 Å². The second kappa shape index (κ2) is 14.5. The number of rotatable bonds is 9. The first-order valence-corrected chi connectivity index (χ1v) is 8.62. The molecule has 2 rings (SSSR count). The molecular formula is C17H28Cl3N3O3. The molecule has 9 heteroatoms. The Hall–Kier alpha value is -0.600. The lowest BCUT2D eigenvalue weighted by Crippen LogP contribution is -2.45. The Labute approximate surface area is 172 Å². The fourth-order valence-corrected chi connectivity index (χ4v) is 2.81. The van der Waals surface area contributed by atoms with Crippen LogP contribution in [0.4, 0.5) is 0 Å². The summed E-state index contributed by atoms with van der Waals surface area (Å²) in [6.07, 6.45) is 0. The van der Waals surface area contributed by atoms with Gasteiger partial charge in [-0.3, -0.25) is 9.69 Å². The quantitative estimate of drug-likeness (QED) is 0.588. The van der Waals surface area contributed by atoms with Gasteiger partial charge in [0.15, 0.2) is 0 Å². The Bertz CT molecular complexity index is 500. The largest absolute Gasteiger partial charge is 0.383 e. The van der Waals surface area contributed by atoms with Crippen molar-refractivity contribution < 1.29 is 14.3 Å². The van der Waals surface area contributed by atoms with Crippen LogP contribution in [0.15, 0.2) is 24.3 Å². The Balaban J connectivity index is 0.00000312. The van der Waals surface area contributed by atoms with Crippen LogP contribution in [0.5, 0.6) is 0 Å². The fraction of sp³-hybridized carbons (Fsp3) is 0.588. The standard InChI is InChI=1S/C17H26ClN3O3.2ClH/c1-23-9-6-19-13-17(22)20-12-16(21-7-10-24-11-8-21)14-2-4-15(18)5-3-14;;/h2-5,16,19H,6-13H2,1H3,(H,20,22);2*1H. The molecule has 1 aromatic rings. The Morgan fingerprint density at radius 1 is 1.27 bits per heavy atom. The second-order valence-electron chi connectivity index (χ2n) is 5.69. The van der Waals surface area contributed by atoms with E-state index in [0.29, 0.717) is 31.3 Å². The zero-order valence-electron chi connectivity index (χ0n) is 14.9. The van der Waals surface area contributed by atoms with Crippen LogP contribution in [0.2, 0.25) is 5.02 Å². The lowest BCUT2D eigenvalue weighted by atomic mass is 10.0. The molecule has 0 aliphatic carbocycles. The summed E-state index contributed by atoms with van der Waals surface area (Å²) >= 11 is 5.99. The van der Waals surface area contributed by atoms with E-state index in [-0.39, 0.29) is 36.8 Å². The van der Waals surface area contributed by atoms with Crippen molar-refractivity contribution in [2.45, 2.75) is 6.04 Å². The van der Waals surface area contributed by atoms with E-state index in [4.69, 9.17) is 21.1 Å². The summed E-state index contributed by atoms with van der Waals surface area (Å²) in [5, 5.41) is 6.77. The third kappa shape index (κ3) is 8.86. The summed E-state index contributed by atoms with van der Waals surface area (Å²) in [6.45, 7) is 5.26. The van der Waals surface area contributed by atoms with Crippen LogP contribution < -0.4 is 10.6 Å². The number of carbonyl (C=O) groups excluding carboxylic acids is 1. The predicted octanol–water partition coefficient (Wildman–Crippen LogP) is 1.91. The molecule has 0 radical (unpaired) electrons. The van der Waals surface area contributed by atoms with Crippen molar-refractivity contribution >= 4 is 42.3 Å². The molecule has 0 spiro atoms. The Morgan fingerprint density at radius 2 is 1.92 bits per heavy atom. The third-order valence-corrected chi connectivity index (χ3v) is 4.25. The van der Waals surface area contributed by atoms with Crippen LogP contribution >= 0.6 is 36.4 Å². The number of ether oxygens (including phenoxy) is 2. The maximum absolute atomic E-state index is 12.0. The summed E-state index contributed by atoms with van der Waals surface area (Å²) < 4.78 is 10.4. The number of benzene rings is 1. The number of carbonyl (C=O) groups is 1. The van der Waals surface area contributed by atoms with Gasteiger partial charge in [-0.05, 0) is 17.7 Å². The Morgan fingerprint density at radius 3 is 2.54 bits per heavy atom. The number of hydrogen-bond donors (Lipinski definition) is 2. The molecule has 0 aromatic heterocycles. The molecule has 1 amide bonds. The Kier molecular flexibility index (Phi) is 14.1. The van der Waals surface area contributed by atoms with Gasteiger partial charge in [0.05, 0.1) is 32.4 Å². The van der Waals surface area contributed by atoms with Gasteiger partial charge < -0.3 is 20.1 Å². The molecule has 0 saturated carbocycles. The minimum absolute atomic E-state index is 0. The predicted molar refractivity (Wildman–Crippen MR) is 109 cm³/mol. The van der Waals surface area contributed by atoms with E-state index in [0.717, 1.165) is 31.9 Å². The van der Waals surface area contributed by atoms with Crippen LogP contribution in [0.25, 0.3) is 0 Å². The summed E-state index contributed by atoms with van der Waals surface area (Å²) in [6, 6.07) is 7.93. The molecule has 1 atom stereocenters. The number of methoxy groups -OCH3 is 1. The highest BCUT2D eigenvalue weighted by Crippen LogP contribution is 2.23. The van der Waals surface area contributed by atoms with Crippen molar-refractivity contribution in [2.75, 3.05) is 59.7 Å². The van der Waals surface area contributed by atoms with Crippen LogP contribution in [0, 0.1) is 0 Å². The summed E-state index contributed by atoms with van der Waals surface area (Å²) in [4.78, 5) is 14.3. The average Bonchev–Trinajstić information content (AvgIpc) is 2.61. The maximum Gasteiger partial charge on any atom is 0.234 e. The number of morpholine rings is 1. The number of nitrogens with zero attached hydrogens (tertiary/aromatic N) is 1. The van der Waals surface area contributed by atoms with Crippen molar-refractivity contribution in [3.8, 4) is 0 Å². The third-order valence-electron chi connectivity index (χ3n) is 4.00. The molecule has 150 valence electrons. The van der Waals surface area contributed by atoms with E-state index in [1.165, 1.54) is 0 Å². The first kappa shape index (κ1) is 25.4. The molecule has 1 heterocycles. The maximum atomic E-state index is 12.0.